The van der Waals surface area contributed by atoms with Crippen LogP contribution in [0.3, 0.4) is 0 Å². The van der Waals surface area contributed by atoms with Crippen molar-refractivity contribution in [3.8, 4) is 22.6 Å². The standard InChI is InChI=1S/C34H41N3O4/c1-20-18-21(2)35-32(38)27(20)19-37-17-16-26-28(33(37)39)22(3)30-31(29(26)23-10-8-7-9-11-23)41-34(4,40-30)24-12-14-25(15-13-24)36(5)6/h7-11,18,24-25H,12-17,19H2,1-6H3,(H,35,38). The Morgan fingerprint density at radius 1 is 0.976 bits per heavy atom. The molecular weight excluding hydrogens is 514 g/mol. The number of nitrogens with one attached hydrogen (secondary N) is 1. The van der Waals surface area contributed by atoms with E-state index in [1.165, 1.54) is 0 Å². The number of ether oxygens (including phenoxy) is 2. The first-order valence-electron chi connectivity index (χ1n) is 14.9. The molecule has 1 N–H and O–H groups in total. The van der Waals surface area contributed by atoms with Gasteiger partial charge in [0.2, 0.25) is 0 Å². The lowest BCUT2D eigenvalue weighted by atomic mass is 9.81. The Morgan fingerprint density at radius 2 is 1.66 bits per heavy atom. The molecule has 0 saturated heterocycles. The molecule has 0 spiro atoms. The monoisotopic (exact) mass is 555 g/mol. The second-order valence-electron chi connectivity index (χ2n) is 12.5. The summed E-state index contributed by atoms with van der Waals surface area (Å²) in [7, 11) is 4.31. The number of benzene rings is 2. The van der Waals surface area contributed by atoms with Crippen molar-refractivity contribution in [2.24, 2.45) is 5.92 Å². The van der Waals surface area contributed by atoms with Crippen LogP contribution < -0.4 is 15.0 Å². The fraction of sp³-hybridized carbons (Fsp3) is 0.471. The second kappa shape index (κ2) is 10.4. The number of aryl methyl sites for hydroxylation is 2. The highest BCUT2D eigenvalue weighted by molar-refractivity contribution is 6.02. The van der Waals surface area contributed by atoms with Crippen molar-refractivity contribution >= 4 is 5.91 Å². The average molecular weight is 556 g/mol. The lowest BCUT2D eigenvalue weighted by molar-refractivity contribution is -0.123. The van der Waals surface area contributed by atoms with Gasteiger partial charge in [0.05, 0.1) is 12.1 Å². The van der Waals surface area contributed by atoms with Crippen molar-refractivity contribution in [3.63, 3.8) is 0 Å². The third-order valence-corrected chi connectivity index (χ3v) is 9.57. The fourth-order valence-corrected chi connectivity index (χ4v) is 7.19. The van der Waals surface area contributed by atoms with Gasteiger partial charge in [-0.3, -0.25) is 9.59 Å². The van der Waals surface area contributed by atoms with Gasteiger partial charge in [-0.05, 0) is 89.7 Å². The minimum absolute atomic E-state index is 0.0631. The Balaban J connectivity index is 1.40. The number of hydrogen-bond acceptors (Lipinski definition) is 5. The first-order valence-corrected chi connectivity index (χ1v) is 14.9. The maximum absolute atomic E-state index is 14.2. The zero-order chi connectivity index (χ0) is 29.1. The molecule has 2 aromatic carbocycles. The molecule has 1 fully saturated rings. The number of pyridine rings is 1. The van der Waals surface area contributed by atoms with Crippen LogP contribution in [0.15, 0.2) is 41.2 Å². The van der Waals surface area contributed by atoms with Crippen LogP contribution >= 0.6 is 0 Å². The molecule has 1 amide bonds. The van der Waals surface area contributed by atoms with Crippen LogP contribution in [-0.2, 0) is 13.0 Å². The summed E-state index contributed by atoms with van der Waals surface area (Å²) in [5, 5.41) is 0. The number of carbonyl (C=O) groups is 1. The van der Waals surface area contributed by atoms with Crippen LogP contribution in [0.4, 0.5) is 0 Å². The molecule has 2 aliphatic heterocycles. The van der Waals surface area contributed by atoms with Gasteiger partial charge in [0.15, 0.2) is 11.5 Å². The molecule has 3 heterocycles. The molecule has 1 unspecified atom stereocenters. The molecule has 1 saturated carbocycles. The Hall–Kier alpha value is -3.58. The second-order valence-corrected chi connectivity index (χ2v) is 12.5. The summed E-state index contributed by atoms with van der Waals surface area (Å²) in [6.45, 7) is 8.67. The van der Waals surface area contributed by atoms with E-state index in [-0.39, 0.29) is 23.9 Å². The van der Waals surface area contributed by atoms with Gasteiger partial charge in [-0.25, -0.2) is 0 Å². The number of aromatic amines is 1. The van der Waals surface area contributed by atoms with Gasteiger partial charge in [0.25, 0.3) is 17.3 Å². The Kier molecular flexibility index (Phi) is 6.97. The van der Waals surface area contributed by atoms with E-state index in [1.54, 1.807) is 4.90 Å². The van der Waals surface area contributed by atoms with Crippen LogP contribution in [0.2, 0.25) is 0 Å². The number of rotatable bonds is 5. The SMILES string of the molecule is Cc1cc(C)c(CN2CCc3c(c(C)c4c(c3-c3ccccc3)OC(C)(C3CCC(N(C)C)CC3)O4)C2=O)c(=O)[nH]1. The highest BCUT2D eigenvalue weighted by Crippen LogP contribution is 2.55. The van der Waals surface area contributed by atoms with Crippen molar-refractivity contribution in [1.82, 2.24) is 14.8 Å². The average Bonchev–Trinajstić information content (AvgIpc) is 3.31. The lowest BCUT2D eigenvalue weighted by Crippen LogP contribution is -2.46. The molecule has 1 atom stereocenters. The topological polar surface area (TPSA) is 74.9 Å². The largest absolute Gasteiger partial charge is 0.448 e. The molecule has 3 aromatic rings. The predicted octanol–water partition coefficient (Wildman–Crippen LogP) is 5.77. The molecule has 41 heavy (non-hydrogen) atoms. The van der Waals surface area contributed by atoms with E-state index in [0.29, 0.717) is 35.9 Å². The van der Waals surface area contributed by atoms with Crippen LogP contribution in [0.5, 0.6) is 11.5 Å². The molecule has 0 bridgehead atoms. The number of nitrogens with zero attached hydrogens (tertiary/aromatic N) is 2. The summed E-state index contributed by atoms with van der Waals surface area (Å²) in [5.41, 5.74) is 6.72. The molecule has 0 radical (unpaired) electrons. The highest BCUT2D eigenvalue weighted by Gasteiger charge is 2.49. The Labute approximate surface area is 242 Å². The lowest BCUT2D eigenvalue weighted by Gasteiger charge is -2.39. The molecule has 3 aliphatic rings. The number of fused-ring (bicyclic) bond motifs is 2. The molecule has 1 aromatic heterocycles. The maximum Gasteiger partial charge on any atom is 0.254 e. The van der Waals surface area contributed by atoms with Gasteiger partial charge in [-0.1, -0.05) is 30.3 Å². The minimum Gasteiger partial charge on any atom is -0.448 e. The minimum atomic E-state index is -0.785. The van der Waals surface area contributed by atoms with Gasteiger partial charge in [-0.15, -0.1) is 0 Å². The van der Waals surface area contributed by atoms with Gasteiger partial charge in [0, 0.05) is 47.8 Å². The smallest absolute Gasteiger partial charge is 0.254 e. The van der Waals surface area contributed by atoms with E-state index >= 15 is 0 Å². The summed E-state index contributed by atoms with van der Waals surface area (Å²) in [6.07, 6.45) is 4.97. The number of hydrogen-bond donors (Lipinski definition) is 1. The van der Waals surface area contributed by atoms with Gasteiger partial charge >= 0.3 is 0 Å². The van der Waals surface area contributed by atoms with E-state index < -0.39 is 5.79 Å². The van der Waals surface area contributed by atoms with Crippen molar-refractivity contribution in [1.29, 1.82) is 0 Å². The number of carbonyl (C=O) groups excluding carboxylic acids is 1. The zero-order valence-corrected chi connectivity index (χ0v) is 25.1. The summed E-state index contributed by atoms with van der Waals surface area (Å²) in [4.78, 5) is 34.0. The normalized spacial score (nSPS) is 23.7. The van der Waals surface area contributed by atoms with Gasteiger partial charge in [0.1, 0.15) is 0 Å². The van der Waals surface area contributed by atoms with Crippen molar-refractivity contribution in [2.45, 2.75) is 78.2 Å². The summed E-state index contributed by atoms with van der Waals surface area (Å²) < 4.78 is 13.6. The molecule has 7 nitrogen and oxygen atoms in total. The third kappa shape index (κ3) is 4.74. The molecular formula is C34H41N3O4. The third-order valence-electron chi connectivity index (χ3n) is 9.57. The molecule has 216 valence electrons. The van der Waals surface area contributed by atoms with Crippen molar-refractivity contribution < 1.29 is 14.3 Å². The first kappa shape index (κ1) is 27.6. The van der Waals surface area contributed by atoms with Gasteiger partial charge < -0.3 is 24.3 Å². The molecule has 6 rings (SSSR count). The van der Waals surface area contributed by atoms with Gasteiger partial charge in [-0.2, -0.15) is 0 Å². The van der Waals surface area contributed by atoms with Crippen LogP contribution in [0.1, 0.15) is 70.9 Å². The van der Waals surface area contributed by atoms with E-state index in [2.05, 4.69) is 43.0 Å². The number of aromatic nitrogens is 1. The van der Waals surface area contributed by atoms with Crippen molar-refractivity contribution in [3.05, 3.63) is 80.3 Å². The highest BCUT2D eigenvalue weighted by atomic mass is 16.7. The Bertz CT molecular complexity index is 1550. The van der Waals surface area contributed by atoms with E-state index in [9.17, 15) is 9.59 Å². The summed E-state index contributed by atoms with van der Waals surface area (Å²) >= 11 is 0. The van der Waals surface area contributed by atoms with Crippen LogP contribution in [0.25, 0.3) is 11.1 Å². The van der Waals surface area contributed by atoms with Crippen molar-refractivity contribution in [2.75, 3.05) is 20.6 Å². The molecule has 7 heteroatoms. The Morgan fingerprint density at radius 3 is 2.32 bits per heavy atom. The fourth-order valence-electron chi connectivity index (χ4n) is 7.19. The maximum atomic E-state index is 14.2. The quantitative estimate of drug-likeness (QED) is 0.433. The number of amides is 1. The van der Waals surface area contributed by atoms with E-state index in [1.807, 2.05) is 45.0 Å². The first-order chi connectivity index (χ1) is 19.6. The van der Waals surface area contributed by atoms with Crippen LogP contribution in [0, 0.1) is 26.7 Å². The molecule has 1 aliphatic carbocycles. The van der Waals surface area contributed by atoms with E-state index in [4.69, 9.17) is 9.47 Å². The predicted molar refractivity (Wildman–Crippen MR) is 161 cm³/mol. The van der Waals surface area contributed by atoms with E-state index in [0.717, 1.165) is 64.9 Å². The summed E-state index contributed by atoms with van der Waals surface area (Å²) in [6, 6.07) is 12.8. The zero-order valence-electron chi connectivity index (χ0n) is 25.1. The van der Waals surface area contributed by atoms with Crippen LogP contribution in [-0.4, -0.2) is 53.2 Å². The number of H-pyrrole nitrogens is 1. The summed E-state index contributed by atoms with van der Waals surface area (Å²) in [5.74, 6) is 0.852.